The molecule has 2 unspecified atom stereocenters. The Morgan fingerprint density at radius 1 is 1.50 bits per heavy atom. The van der Waals surface area contributed by atoms with E-state index in [1.165, 1.54) is 6.42 Å². The van der Waals surface area contributed by atoms with E-state index in [0.29, 0.717) is 31.3 Å². The Kier molecular flexibility index (Phi) is 6.96. The molecule has 1 fully saturated rings. The van der Waals surface area contributed by atoms with Gasteiger partial charge in [-0.2, -0.15) is 0 Å². The van der Waals surface area contributed by atoms with Crippen molar-refractivity contribution in [2.75, 3.05) is 13.1 Å². The van der Waals surface area contributed by atoms with Crippen LogP contribution in [-0.4, -0.2) is 29.7 Å². The maximum atomic E-state index is 12.0. The van der Waals surface area contributed by atoms with Crippen LogP contribution < -0.4 is 11.1 Å². The van der Waals surface area contributed by atoms with Crippen molar-refractivity contribution in [3.8, 4) is 0 Å². The van der Waals surface area contributed by atoms with Gasteiger partial charge in [-0.3, -0.25) is 4.79 Å². The van der Waals surface area contributed by atoms with Crippen molar-refractivity contribution < 1.29 is 9.90 Å². The van der Waals surface area contributed by atoms with Crippen LogP contribution in [-0.2, 0) is 4.79 Å². The predicted octanol–water partition coefficient (Wildman–Crippen LogP) is 2.05. The Morgan fingerprint density at radius 3 is 2.75 bits per heavy atom. The molecule has 20 heavy (non-hydrogen) atoms. The Morgan fingerprint density at radius 2 is 2.20 bits per heavy atom. The molecule has 0 spiro atoms. The SMILES string of the molecule is CC(C)C[C@H](CN)CC(=O)NCC1(O)CCCC(C)C1. The van der Waals surface area contributed by atoms with Crippen LogP contribution in [0.4, 0.5) is 0 Å². The van der Waals surface area contributed by atoms with Gasteiger partial charge in [0.25, 0.3) is 0 Å². The van der Waals surface area contributed by atoms with Crippen molar-refractivity contribution >= 4 is 5.91 Å². The average molecular weight is 284 g/mol. The average Bonchev–Trinajstić information content (AvgIpc) is 2.35. The fourth-order valence-electron chi connectivity index (χ4n) is 3.32. The summed E-state index contributed by atoms with van der Waals surface area (Å²) in [6.07, 6.45) is 5.27. The minimum absolute atomic E-state index is 0.0211. The highest BCUT2D eigenvalue weighted by molar-refractivity contribution is 5.76. The van der Waals surface area contributed by atoms with Crippen molar-refractivity contribution in [1.29, 1.82) is 0 Å². The predicted molar refractivity (Wildman–Crippen MR) is 82.2 cm³/mol. The van der Waals surface area contributed by atoms with E-state index in [1.807, 2.05) is 0 Å². The van der Waals surface area contributed by atoms with E-state index in [1.54, 1.807) is 0 Å². The monoisotopic (exact) mass is 284 g/mol. The van der Waals surface area contributed by atoms with Gasteiger partial charge in [0.15, 0.2) is 0 Å². The Bertz CT molecular complexity index is 307. The summed E-state index contributed by atoms with van der Waals surface area (Å²) in [5.41, 5.74) is 5.02. The Labute approximate surface area is 123 Å². The fraction of sp³-hybridized carbons (Fsp3) is 0.938. The zero-order chi connectivity index (χ0) is 15.2. The molecule has 1 aliphatic rings. The van der Waals surface area contributed by atoms with Crippen molar-refractivity contribution in [2.45, 2.75) is 64.9 Å². The van der Waals surface area contributed by atoms with Gasteiger partial charge in [-0.25, -0.2) is 0 Å². The molecule has 0 aliphatic heterocycles. The lowest BCUT2D eigenvalue weighted by molar-refractivity contribution is -0.124. The molecule has 1 rings (SSSR count). The first kappa shape index (κ1) is 17.4. The minimum atomic E-state index is -0.705. The number of rotatable bonds is 7. The number of nitrogens with one attached hydrogen (secondary N) is 1. The fourth-order valence-corrected chi connectivity index (χ4v) is 3.32. The van der Waals surface area contributed by atoms with Crippen LogP contribution in [0.1, 0.15) is 59.3 Å². The lowest BCUT2D eigenvalue weighted by Gasteiger charge is -2.35. The molecule has 0 heterocycles. The summed E-state index contributed by atoms with van der Waals surface area (Å²) in [4.78, 5) is 12.0. The van der Waals surface area contributed by atoms with E-state index in [-0.39, 0.29) is 11.8 Å². The second-order valence-electron chi connectivity index (χ2n) is 7.14. The first-order valence-electron chi connectivity index (χ1n) is 8.04. The summed E-state index contributed by atoms with van der Waals surface area (Å²) < 4.78 is 0. The van der Waals surface area contributed by atoms with E-state index in [9.17, 15) is 9.90 Å². The normalized spacial score (nSPS) is 28.4. The maximum Gasteiger partial charge on any atom is 0.220 e. The first-order chi connectivity index (χ1) is 9.34. The molecular formula is C16H32N2O2. The molecule has 0 bridgehead atoms. The second-order valence-corrected chi connectivity index (χ2v) is 7.14. The van der Waals surface area contributed by atoms with Crippen molar-refractivity contribution in [3.63, 3.8) is 0 Å². The molecule has 3 atom stereocenters. The summed E-state index contributed by atoms with van der Waals surface area (Å²) in [7, 11) is 0. The van der Waals surface area contributed by atoms with Crippen molar-refractivity contribution in [1.82, 2.24) is 5.32 Å². The summed E-state index contributed by atoms with van der Waals surface area (Å²) in [6, 6.07) is 0. The zero-order valence-electron chi connectivity index (χ0n) is 13.3. The quantitative estimate of drug-likeness (QED) is 0.670. The molecule has 0 radical (unpaired) electrons. The third-order valence-electron chi connectivity index (χ3n) is 4.29. The van der Waals surface area contributed by atoms with E-state index in [4.69, 9.17) is 5.73 Å². The molecule has 0 aromatic heterocycles. The Balaban J connectivity index is 2.34. The Hall–Kier alpha value is -0.610. The van der Waals surface area contributed by atoms with Crippen LogP contribution in [0.3, 0.4) is 0 Å². The molecule has 0 saturated heterocycles. The van der Waals surface area contributed by atoms with E-state index >= 15 is 0 Å². The largest absolute Gasteiger partial charge is 0.388 e. The number of hydrogen-bond acceptors (Lipinski definition) is 3. The maximum absolute atomic E-state index is 12.0. The molecule has 0 aromatic rings. The number of carbonyl (C=O) groups is 1. The lowest BCUT2D eigenvalue weighted by Crippen LogP contribution is -2.46. The van der Waals surface area contributed by atoms with Gasteiger partial charge in [0, 0.05) is 13.0 Å². The van der Waals surface area contributed by atoms with E-state index in [2.05, 4.69) is 26.1 Å². The topological polar surface area (TPSA) is 75.4 Å². The minimum Gasteiger partial charge on any atom is -0.388 e. The molecule has 4 N–H and O–H groups in total. The molecule has 4 heteroatoms. The van der Waals surface area contributed by atoms with Crippen molar-refractivity contribution in [3.05, 3.63) is 0 Å². The molecule has 0 aromatic carbocycles. The lowest BCUT2D eigenvalue weighted by atomic mass is 9.79. The summed E-state index contributed by atoms with van der Waals surface area (Å²) in [6.45, 7) is 7.39. The zero-order valence-corrected chi connectivity index (χ0v) is 13.3. The first-order valence-corrected chi connectivity index (χ1v) is 8.04. The summed E-state index contributed by atoms with van der Waals surface area (Å²) >= 11 is 0. The standard InChI is InChI=1S/C16H32N2O2/c1-12(2)7-14(10-17)8-15(19)18-11-16(20)6-4-5-13(3)9-16/h12-14,20H,4-11,17H2,1-3H3,(H,18,19)/t13?,14-,16?/m0/s1. The van der Waals surface area contributed by atoms with Gasteiger partial charge in [0.1, 0.15) is 0 Å². The van der Waals surface area contributed by atoms with Crippen LogP contribution in [0.5, 0.6) is 0 Å². The van der Waals surface area contributed by atoms with Gasteiger partial charge >= 0.3 is 0 Å². The highest BCUT2D eigenvalue weighted by Gasteiger charge is 2.32. The van der Waals surface area contributed by atoms with Crippen LogP contribution >= 0.6 is 0 Å². The van der Waals surface area contributed by atoms with Gasteiger partial charge < -0.3 is 16.2 Å². The van der Waals surface area contributed by atoms with Gasteiger partial charge in [-0.05, 0) is 43.6 Å². The van der Waals surface area contributed by atoms with Crippen LogP contribution in [0, 0.1) is 17.8 Å². The highest BCUT2D eigenvalue weighted by Crippen LogP contribution is 2.31. The molecular weight excluding hydrogens is 252 g/mol. The second kappa shape index (κ2) is 7.99. The smallest absolute Gasteiger partial charge is 0.220 e. The summed E-state index contributed by atoms with van der Waals surface area (Å²) in [5, 5.41) is 13.4. The highest BCUT2D eigenvalue weighted by atomic mass is 16.3. The number of aliphatic hydroxyl groups is 1. The van der Waals surface area contributed by atoms with Crippen LogP contribution in [0.25, 0.3) is 0 Å². The number of carbonyl (C=O) groups excluding carboxylic acids is 1. The number of amides is 1. The third kappa shape index (κ3) is 6.23. The third-order valence-corrected chi connectivity index (χ3v) is 4.29. The van der Waals surface area contributed by atoms with Gasteiger partial charge in [-0.15, -0.1) is 0 Å². The van der Waals surface area contributed by atoms with Gasteiger partial charge in [0.05, 0.1) is 5.60 Å². The number of nitrogens with two attached hydrogens (primary N) is 1. The van der Waals surface area contributed by atoms with Crippen LogP contribution in [0.15, 0.2) is 0 Å². The summed E-state index contributed by atoms with van der Waals surface area (Å²) in [5.74, 6) is 1.37. The molecule has 4 nitrogen and oxygen atoms in total. The molecule has 118 valence electrons. The molecule has 1 saturated carbocycles. The van der Waals surface area contributed by atoms with E-state index < -0.39 is 5.60 Å². The van der Waals surface area contributed by atoms with Crippen molar-refractivity contribution in [2.24, 2.45) is 23.5 Å². The van der Waals surface area contributed by atoms with Gasteiger partial charge in [0.2, 0.25) is 5.91 Å². The van der Waals surface area contributed by atoms with Crippen LogP contribution in [0.2, 0.25) is 0 Å². The van der Waals surface area contributed by atoms with E-state index in [0.717, 1.165) is 25.7 Å². The molecule has 1 amide bonds. The van der Waals surface area contributed by atoms with Gasteiger partial charge in [-0.1, -0.05) is 33.6 Å². The number of hydrogen-bond donors (Lipinski definition) is 3. The molecule has 1 aliphatic carbocycles.